The zero-order valence-electron chi connectivity index (χ0n) is 11.4. The highest BCUT2D eigenvalue weighted by molar-refractivity contribution is 6.30. The lowest BCUT2D eigenvalue weighted by atomic mass is 10.1. The van der Waals surface area contributed by atoms with Crippen molar-refractivity contribution < 1.29 is 9.84 Å². The predicted octanol–water partition coefficient (Wildman–Crippen LogP) is 1.65. The molecule has 1 aromatic rings. The van der Waals surface area contributed by atoms with Crippen LogP contribution < -0.4 is 10.2 Å². The third kappa shape index (κ3) is 3.39. The molecule has 2 rings (SSSR count). The van der Waals surface area contributed by atoms with Gasteiger partial charge < -0.3 is 20.1 Å². The highest BCUT2D eigenvalue weighted by atomic mass is 35.5. The summed E-state index contributed by atoms with van der Waals surface area (Å²) in [5.41, 5.74) is 2.33. The fraction of sp³-hybridized carbons (Fsp3) is 0.571. The van der Waals surface area contributed by atoms with E-state index in [1.165, 1.54) is 5.56 Å². The van der Waals surface area contributed by atoms with Crippen LogP contribution in [0.1, 0.15) is 12.5 Å². The lowest BCUT2D eigenvalue weighted by Gasteiger charge is -2.40. The van der Waals surface area contributed by atoms with Gasteiger partial charge in [0, 0.05) is 29.8 Å². The second-order valence-electron chi connectivity index (χ2n) is 4.94. The molecule has 19 heavy (non-hydrogen) atoms. The summed E-state index contributed by atoms with van der Waals surface area (Å²) in [6.45, 7) is 4.27. The topological polar surface area (TPSA) is 44.7 Å². The van der Waals surface area contributed by atoms with Crippen LogP contribution in [-0.4, -0.2) is 44.1 Å². The molecular weight excluding hydrogens is 264 g/mol. The van der Waals surface area contributed by atoms with E-state index >= 15 is 0 Å². The Morgan fingerprint density at radius 2 is 2.32 bits per heavy atom. The molecule has 0 radical (unpaired) electrons. The molecule has 4 nitrogen and oxygen atoms in total. The van der Waals surface area contributed by atoms with Crippen LogP contribution in [0.15, 0.2) is 18.2 Å². The van der Waals surface area contributed by atoms with Crippen LogP contribution >= 0.6 is 11.6 Å². The van der Waals surface area contributed by atoms with Gasteiger partial charge in [-0.1, -0.05) is 17.7 Å². The quantitative estimate of drug-likeness (QED) is 0.882. The van der Waals surface area contributed by atoms with Crippen molar-refractivity contribution in [2.24, 2.45) is 0 Å². The van der Waals surface area contributed by atoms with Gasteiger partial charge in [0.05, 0.1) is 19.3 Å². The Balaban J connectivity index is 2.29. The van der Waals surface area contributed by atoms with Gasteiger partial charge in [-0.2, -0.15) is 0 Å². The van der Waals surface area contributed by atoms with Gasteiger partial charge in [0.25, 0.3) is 0 Å². The van der Waals surface area contributed by atoms with Crippen LogP contribution in [0.5, 0.6) is 0 Å². The third-order valence-corrected chi connectivity index (χ3v) is 3.67. The summed E-state index contributed by atoms with van der Waals surface area (Å²) in [7, 11) is 1.93. The van der Waals surface area contributed by atoms with Crippen molar-refractivity contribution in [1.29, 1.82) is 0 Å². The van der Waals surface area contributed by atoms with Gasteiger partial charge in [0.1, 0.15) is 0 Å². The number of ether oxygens (including phenoxy) is 1. The van der Waals surface area contributed by atoms with Crippen molar-refractivity contribution in [2.75, 3.05) is 31.7 Å². The number of hydrogen-bond acceptors (Lipinski definition) is 4. The maximum absolute atomic E-state index is 9.28. The molecule has 1 saturated heterocycles. The molecule has 1 aliphatic heterocycles. The van der Waals surface area contributed by atoms with E-state index in [4.69, 9.17) is 16.3 Å². The van der Waals surface area contributed by atoms with Crippen molar-refractivity contribution in [2.45, 2.75) is 25.6 Å². The van der Waals surface area contributed by atoms with E-state index in [2.05, 4.69) is 17.1 Å². The van der Waals surface area contributed by atoms with E-state index in [9.17, 15) is 5.11 Å². The van der Waals surface area contributed by atoms with Gasteiger partial charge >= 0.3 is 0 Å². The van der Waals surface area contributed by atoms with E-state index in [0.29, 0.717) is 13.2 Å². The molecule has 1 fully saturated rings. The Hall–Kier alpha value is -0.810. The van der Waals surface area contributed by atoms with E-state index in [1.54, 1.807) is 0 Å². The number of benzene rings is 1. The Kier molecular flexibility index (Phi) is 5.05. The van der Waals surface area contributed by atoms with Crippen molar-refractivity contribution in [3.63, 3.8) is 0 Å². The zero-order valence-corrected chi connectivity index (χ0v) is 12.2. The number of hydrogen-bond donors (Lipinski definition) is 2. The van der Waals surface area contributed by atoms with E-state index in [0.717, 1.165) is 17.3 Å². The Bertz CT molecular complexity index is 428. The number of halogens is 1. The summed E-state index contributed by atoms with van der Waals surface area (Å²) in [6.07, 6.45) is -0.127. The fourth-order valence-corrected chi connectivity index (χ4v) is 2.57. The Morgan fingerprint density at radius 3 is 3.00 bits per heavy atom. The smallest absolute Gasteiger partial charge is 0.0981 e. The number of aliphatic hydroxyl groups is 1. The molecule has 2 unspecified atom stereocenters. The minimum Gasteiger partial charge on any atom is -0.394 e. The summed E-state index contributed by atoms with van der Waals surface area (Å²) >= 11 is 6.13. The Labute approximate surface area is 119 Å². The van der Waals surface area contributed by atoms with E-state index < -0.39 is 0 Å². The van der Waals surface area contributed by atoms with Crippen molar-refractivity contribution in [3.8, 4) is 0 Å². The molecule has 1 aliphatic rings. The van der Waals surface area contributed by atoms with E-state index in [1.807, 2.05) is 25.2 Å². The Morgan fingerprint density at radius 1 is 1.53 bits per heavy atom. The molecule has 1 heterocycles. The van der Waals surface area contributed by atoms with Crippen molar-refractivity contribution >= 4 is 17.3 Å². The third-order valence-electron chi connectivity index (χ3n) is 3.43. The van der Waals surface area contributed by atoms with Gasteiger partial charge in [-0.05, 0) is 31.7 Å². The summed E-state index contributed by atoms with van der Waals surface area (Å²) in [4.78, 5) is 2.27. The lowest BCUT2D eigenvalue weighted by Crippen LogP contribution is -2.50. The van der Waals surface area contributed by atoms with Gasteiger partial charge in [0.2, 0.25) is 0 Å². The molecule has 0 spiro atoms. The van der Waals surface area contributed by atoms with E-state index in [-0.39, 0.29) is 18.8 Å². The summed E-state index contributed by atoms with van der Waals surface area (Å²) in [5, 5.41) is 13.2. The molecule has 2 atom stereocenters. The van der Waals surface area contributed by atoms with Crippen LogP contribution in [0.25, 0.3) is 0 Å². The first-order valence-corrected chi connectivity index (χ1v) is 6.95. The van der Waals surface area contributed by atoms with Gasteiger partial charge in [-0.15, -0.1) is 0 Å². The van der Waals surface area contributed by atoms with Gasteiger partial charge in [-0.25, -0.2) is 0 Å². The second-order valence-corrected chi connectivity index (χ2v) is 5.38. The molecule has 0 aromatic heterocycles. The monoisotopic (exact) mass is 284 g/mol. The van der Waals surface area contributed by atoms with Crippen LogP contribution in [0, 0.1) is 0 Å². The SMILES string of the molecule is CNCc1ccc(Cl)cc1N1CC(CO)OCC1C. The van der Waals surface area contributed by atoms with Crippen molar-refractivity contribution in [3.05, 3.63) is 28.8 Å². The summed E-state index contributed by atoms with van der Waals surface area (Å²) in [5.74, 6) is 0. The first-order valence-electron chi connectivity index (χ1n) is 6.57. The number of morpholine rings is 1. The standard InChI is InChI=1S/C14H21ClN2O2/c1-10-9-19-13(8-18)7-17(10)14-5-12(15)4-3-11(14)6-16-2/h3-5,10,13,16,18H,6-9H2,1-2H3. The maximum atomic E-state index is 9.28. The molecule has 1 aromatic carbocycles. The number of nitrogens with zero attached hydrogens (tertiary/aromatic N) is 1. The van der Waals surface area contributed by atoms with Crippen LogP contribution in [0.3, 0.4) is 0 Å². The van der Waals surface area contributed by atoms with Gasteiger partial charge in [0.15, 0.2) is 0 Å². The first-order chi connectivity index (χ1) is 9.15. The minimum absolute atomic E-state index is 0.0468. The molecule has 0 saturated carbocycles. The summed E-state index contributed by atoms with van der Waals surface area (Å²) in [6, 6.07) is 6.22. The maximum Gasteiger partial charge on any atom is 0.0981 e. The molecule has 2 N–H and O–H groups in total. The van der Waals surface area contributed by atoms with Crippen LogP contribution in [0.4, 0.5) is 5.69 Å². The molecular formula is C14H21ClN2O2. The normalized spacial score (nSPS) is 23.7. The minimum atomic E-state index is -0.127. The number of anilines is 1. The van der Waals surface area contributed by atoms with Crippen molar-refractivity contribution in [1.82, 2.24) is 5.32 Å². The average molecular weight is 285 g/mol. The van der Waals surface area contributed by atoms with Crippen LogP contribution in [-0.2, 0) is 11.3 Å². The predicted molar refractivity (Wildman–Crippen MR) is 77.8 cm³/mol. The lowest BCUT2D eigenvalue weighted by molar-refractivity contribution is -0.0103. The number of rotatable bonds is 4. The number of nitrogens with one attached hydrogen (secondary N) is 1. The van der Waals surface area contributed by atoms with Crippen LogP contribution in [0.2, 0.25) is 5.02 Å². The first kappa shape index (κ1) is 14.6. The largest absolute Gasteiger partial charge is 0.394 e. The highest BCUT2D eigenvalue weighted by Crippen LogP contribution is 2.28. The molecule has 106 valence electrons. The highest BCUT2D eigenvalue weighted by Gasteiger charge is 2.27. The molecule has 0 aliphatic carbocycles. The molecule has 0 amide bonds. The average Bonchev–Trinajstić information content (AvgIpc) is 2.42. The number of aliphatic hydroxyl groups excluding tert-OH is 1. The summed E-state index contributed by atoms with van der Waals surface area (Å²) < 4.78 is 5.58. The second kappa shape index (κ2) is 6.57. The van der Waals surface area contributed by atoms with Gasteiger partial charge in [-0.3, -0.25) is 0 Å². The fourth-order valence-electron chi connectivity index (χ4n) is 2.41. The molecule has 0 bridgehead atoms. The zero-order chi connectivity index (χ0) is 13.8. The molecule has 5 heteroatoms.